The molecule has 0 atom stereocenters. The molecule has 3 aromatic rings. The molecule has 3 aromatic carbocycles. The molecule has 0 N–H and O–H groups in total. The first-order chi connectivity index (χ1) is 16.3. The Bertz CT molecular complexity index is 1250. The van der Waals surface area contributed by atoms with Gasteiger partial charge < -0.3 is 4.90 Å². The van der Waals surface area contributed by atoms with Crippen LogP contribution in [0.4, 0.5) is 5.69 Å². The van der Waals surface area contributed by atoms with Crippen molar-refractivity contribution in [3.05, 3.63) is 95.0 Å². The largest absolute Gasteiger partial charge is 0.337 e. The summed E-state index contributed by atoms with van der Waals surface area (Å²) in [7, 11) is -2.37. The normalized spacial score (nSPS) is 15.1. The van der Waals surface area contributed by atoms with Gasteiger partial charge in [0.05, 0.1) is 10.6 Å². The van der Waals surface area contributed by atoms with E-state index in [-0.39, 0.29) is 10.8 Å². The summed E-state index contributed by atoms with van der Waals surface area (Å²) in [6, 6.07) is 23.2. The lowest BCUT2D eigenvalue weighted by atomic mass is 10.2. The van der Waals surface area contributed by atoms with E-state index < -0.39 is 10.0 Å². The van der Waals surface area contributed by atoms with Crippen LogP contribution in [0.3, 0.4) is 0 Å². The maximum atomic E-state index is 13.3. The first-order valence-electron chi connectivity index (χ1n) is 11.2. The molecule has 178 valence electrons. The zero-order chi connectivity index (χ0) is 24.1. The summed E-state index contributed by atoms with van der Waals surface area (Å²) in [4.78, 5) is 17.5. The molecule has 6 nitrogen and oxygen atoms in total. The van der Waals surface area contributed by atoms with Crippen molar-refractivity contribution in [1.29, 1.82) is 0 Å². The molecule has 1 fully saturated rings. The Kier molecular flexibility index (Phi) is 7.56. The Morgan fingerprint density at radius 2 is 1.68 bits per heavy atom. The molecule has 0 unspecified atom stereocenters. The van der Waals surface area contributed by atoms with Crippen LogP contribution in [0.2, 0.25) is 5.02 Å². The van der Waals surface area contributed by atoms with Crippen molar-refractivity contribution in [2.75, 3.05) is 37.5 Å². The van der Waals surface area contributed by atoms with Gasteiger partial charge in [0.1, 0.15) is 0 Å². The van der Waals surface area contributed by atoms with E-state index in [1.165, 1.54) is 29.0 Å². The standard InChI is InChI=1S/C26H28ClN3O3S/c1-28(24-12-6-11-23(27)19-24)34(32,33)25-13-5-10-22(18-25)26(31)30-15-7-14-29(16-17-30)20-21-8-3-2-4-9-21/h2-6,8-13,18-19H,7,14-17,20H2,1H3. The van der Waals surface area contributed by atoms with Crippen molar-refractivity contribution < 1.29 is 13.2 Å². The average Bonchev–Trinajstić information content (AvgIpc) is 3.09. The lowest BCUT2D eigenvalue weighted by molar-refractivity contribution is 0.0761. The van der Waals surface area contributed by atoms with Crippen molar-refractivity contribution >= 4 is 33.2 Å². The van der Waals surface area contributed by atoms with Crippen LogP contribution in [0.25, 0.3) is 0 Å². The van der Waals surface area contributed by atoms with Crippen molar-refractivity contribution in [3.63, 3.8) is 0 Å². The third-order valence-electron chi connectivity index (χ3n) is 6.04. The number of hydrogen-bond acceptors (Lipinski definition) is 4. The van der Waals surface area contributed by atoms with E-state index in [0.717, 1.165) is 26.1 Å². The van der Waals surface area contributed by atoms with Gasteiger partial charge in [0.2, 0.25) is 0 Å². The number of amides is 1. The first kappa shape index (κ1) is 24.3. The lowest BCUT2D eigenvalue weighted by Crippen LogP contribution is -2.35. The molecule has 0 aromatic heterocycles. The highest BCUT2D eigenvalue weighted by Gasteiger charge is 2.25. The van der Waals surface area contributed by atoms with Gasteiger partial charge in [0.15, 0.2) is 0 Å². The van der Waals surface area contributed by atoms with E-state index in [0.29, 0.717) is 29.4 Å². The van der Waals surface area contributed by atoms with Gasteiger partial charge >= 0.3 is 0 Å². The number of nitrogens with zero attached hydrogens (tertiary/aromatic N) is 3. The highest BCUT2D eigenvalue weighted by molar-refractivity contribution is 7.92. The molecular formula is C26H28ClN3O3S. The summed E-state index contributed by atoms with van der Waals surface area (Å²) in [5.74, 6) is -0.149. The summed E-state index contributed by atoms with van der Waals surface area (Å²) in [5.41, 5.74) is 2.08. The quantitative estimate of drug-likeness (QED) is 0.502. The minimum absolute atomic E-state index is 0.0707. The van der Waals surface area contributed by atoms with Crippen LogP contribution < -0.4 is 4.31 Å². The number of rotatable bonds is 6. The number of anilines is 1. The van der Waals surface area contributed by atoms with Gasteiger partial charge in [-0.05, 0) is 48.4 Å². The molecule has 0 spiro atoms. The molecule has 0 aliphatic carbocycles. The monoisotopic (exact) mass is 497 g/mol. The number of sulfonamides is 1. The fourth-order valence-corrected chi connectivity index (χ4v) is 5.53. The number of carbonyl (C=O) groups is 1. The molecule has 1 saturated heterocycles. The predicted molar refractivity (Wildman–Crippen MR) is 136 cm³/mol. The minimum atomic E-state index is -3.85. The predicted octanol–water partition coefficient (Wildman–Crippen LogP) is 4.51. The third-order valence-corrected chi connectivity index (χ3v) is 8.05. The molecule has 0 radical (unpaired) electrons. The van der Waals surface area contributed by atoms with Gasteiger partial charge in [0.25, 0.3) is 15.9 Å². The minimum Gasteiger partial charge on any atom is -0.337 e. The topological polar surface area (TPSA) is 60.9 Å². The molecule has 1 heterocycles. The van der Waals surface area contributed by atoms with Gasteiger partial charge in [-0.25, -0.2) is 8.42 Å². The van der Waals surface area contributed by atoms with Gasteiger partial charge in [-0.15, -0.1) is 0 Å². The fraction of sp³-hybridized carbons (Fsp3) is 0.269. The average molecular weight is 498 g/mol. The van der Waals surface area contributed by atoms with Crippen molar-refractivity contribution in [3.8, 4) is 0 Å². The SMILES string of the molecule is CN(c1cccc(Cl)c1)S(=O)(=O)c1cccc(C(=O)N2CCCN(Cc3ccccc3)CC2)c1. The molecule has 1 aliphatic rings. The molecule has 0 saturated carbocycles. The van der Waals surface area contributed by atoms with Crippen LogP contribution in [0, 0.1) is 0 Å². The molecule has 0 bridgehead atoms. The Labute approximate surface area is 206 Å². The van der Waals surface area contributed by atoms with Crippen LogP contribution in [0.1, 0.15) is 22.3 Å². The van der Waals surface area contributed by atoms with Crippen molar-refractivity contribution in [2.24, 2.45) is 0 Å². The van der Waals surface area contributed by atoms with Gasteiger partial charge in [-0.1, -0.05) is 54.1 Å². The second-order valence-electron chi connectivity index (χ2n) is 8.39. The summed E-state index contributed by atoms with van der Waals surface area (Å²) in [5, 5.41) is 0.450. The lowest BCUT2D eigenvalue weighted by Gasteiger charge is -2.23. The zero-order valence-electron chi connectivity index (χ0n) is 19.1. The van der Waals surface area contributed by atoms with Crippen LogP contribution in [-0.4, -0.2) is 57.4 Å². The highest BCUT2D eigenvalue weighted by atomic mass is 35.5. The van der Waals surface area contributed by atoms with E-state index in [4.69, 9.17) is 11.6 Å². The number of hydrogen-bond donors (Lipinski definition) is 0. The molecule has 4 rings (SSSR count). The number of halogens is 1. The smallest absolute Gasteiger partial charge is 0.264 e. The zero-order valence-corrected chi connectivity index (χ0v) is 20.7. The third kappa shape index (κ3) is 5.60. The second-order valence-corrected chi connectivity index (χ2v) is 10.8. The van der Waals surface area contributed by atoms with Crippen LogP contribution in [-0.2, 0) is 16.6 Å². The van der Waals surface area contributed by atoms with Crippen LogP contribution >= 0.6 is 11.6 Å². The Morgan fingerprint density at radius 1 is 0.912 bits per heavy atom. The van der Waals surface area contributed by atoms with Crippen LogP contribution in [0.15, 0.2) is 83.8 Å². The van der Waals surface area contributed by atoms with Crippen molar-refractivity contribution in [2.45, 2.75) is 17.9 Å². The second kappa shape index (κ2) is 10.6. The van der Waals surface area contributed by atoms with E-state index in [2.05, 4.69) is 17.0 Å². The summed E-state index contributed by atoms with van der Waals surface area (Å²) in [6.45, 7) is 3.79. The molecule has 1 aliphatic heterocycles. The van der Waals surface area contributed by atoms with Crippen LogP contribution in [0.5, 0.6) is 0 Å². The molecular weight excluding hydrogens is 470 g/mol. The number of benzene rings is 3. The van der Waals surface area contributed by atoms with Gasteiger partial charge in [0, 0.05) is 50.4 Å². The molecule has 1 amide bonds. The van der Waals surface area contributed by atoms with Crippen molar-refractivity contribution in [1.82, 2.24) is 9.80 Å². The number of carbonyl (C=O) groups excluding carboxylic acids is 1. The van der Waals surface area contributed by atoms with E-state index in [9.17, 15) is 13.2 Å². The summed E-state index contributed by atoms with van der Waals surface area (Å²) < 4.78 is 27.6. The Balaban J connectivity index is 1.47. The Morgan fingerprint density at radius 3 is 2.44 bits per heavy atom. The highest BCUT2D eigenvalue weighted by Crippen LogP contribution is 2.25. The van der Waals surface area contributed by atoms with E-state index in [1.807, 2.05) is 23.1 Å². The summed E-state index contributed by atoms with van der Waals surface area (Å²) in [6.07, 6.45) is 0.869. The van der Waals surface area contributed by atoms with E-state index >= 15 is 0 Å². The Hall–Kier alpha value is -2.87. The summed E-state index contributed by atoms with van der Waals surface area (Å²) >= 11 is 6.03. The fourth-order valence-electron chi connectivity index (χ4n) is 4.11. The molecule has 34 heavy (non-hydrogen) atoms. The first-order valence-corrected chi connectivity index (χ1v) is 13.1. The van der Waals surface area contributed by atoms with Gasteiger partial charge in [-0.3, -0.25) is 14.0 Å². The van der Waals surface area contributed by atoms with Gasteiger partial charge in [-0.2, -0.15) is 0 Å². The molecule has 8 heteroatoms. The maximum Gasteiger partial charge on any atom is 0.264 e. The maximum absolute atomic E-state index is 13.3. The van der Waals surface area contributed by atoms with E-state index in [1.54, 1.807) is 36.4 Å².